The number of carbonyl (C=O) groups excluding carboxylic acids is 1. The van der Waals surface area contributed by atoms with E-state index in [9.17, 15) is 4.79 Å². The molecular weight excluding hydrogens is 294 g/mol. The fourth-order valence-corrected chi connectivity index (χ4v) is 1.87. The first-order chi connectivity index (χ1) is 11.3. The van der Waals surface area contributed by atoms with Crippen molar-refractivity contribution in [1.82, 2.24) is 9.97 Å². The fourth-order valence-electron chi connectivity index (χ4n) is 1.87. The highest BCUT2D eigenvalue weighted by Crippen LogP contribution is 2.02. The number of ether oxygens (including phenoxy) is 2. The summed E-state index contributed by atoms with van der Waals surface area (Å²) in [5.74, 6) is 0.307. The number of esters is 1. The molecule has 0 amide bonds. The molecule has 0 bridgehead atoms. The molecule has 0 aliphatic carbocycles. The summed E-state index contributed by atoms with van der Waals surface area (Å²) in [6.07, 6.45) is 4.31. The van der Waals surface area contributed by atoms with Crippen LogP contribution in [-0.2, 0) is 20.9 Å². The molecule has 1 N–H and O–H groups in total. The molecule has 23 heavy (non-hydrogen) atoms. The predicted molar refractivity (Wildman–Crippen MR) is 86.8 cm³/mol. The number of nitrogens with zero attached hydrogens (tertiary/aromatic N) is 2. The summed E-state index contributed by atoms with van der Waals surface area (Å²) < 4.78 is 10.6. The maximum absolute atomic E-state index is 11.6. The monoisotopic (exact) mass is 315 g/mol. The summed E-state index contributed by atoms with van der Waals surface area (Å²) in [6, 6.07) is 11.7. The van der Waals surface area contributed by atoms with Gasteiger partial charge in [-0.25, -0.2) is 9.97 Å². The average molecular weight is 315 g/mol. The van der Waals surface area contributed by atoms with Gasteiger partial charge < -0.3 is 14.8 Å². The number of benzene rings is 1. The van der Waals surface area contributed by atoms with Crippen LogP contribution in [0.3, 0.4) is 0 Å². The van der Waals surface area contributed by atoms with Crippen molar-refractivity contribution in [3.8, 4) is 0 Å². The molecule has 2 aromatic rings. The Kier molecular flexibility index (Phi) is 7.56. The molecule has 0 saturated carbocycles. The van der Waals surface area contributed by atoms with Crippen LogP contribution in [-0.4, -0.2) is 35.7 Å². The quantitative estimate of drug-likeness (QED) is 0.536. The minimum absolute atomic E-state index is 0.218. The number of aromatic nitrogens is 2. The molecule has 0 aliphatic rings. The van der Waals surface area contributed by atoms with Gasteiger partial charge in [0.25, 0.3) is 0 Å². The standard InChI is InChI=1S/C17H21N3O3/c21-16(23-13-11-20-17-18-9-5-10-19-17)8-4-12-22-14-15-6-2-1-3-7-15/h1-3,5-7,9-10H,4,8,11-14H2,(H,18,19,20). The molecule has 122 valence electrons. The van der Waals surface area contributed by atoms with E-state index in [2.05, 4.69) is 15.3 Å². The third-order valence-corrected chi connectivity index (χ3v) is 3.00. The molecule has 0 unspecified atom stereocenters. The number of hydrogen-bond acceptors (Lipinski definition) is 6. The van der Waals surface area contributed by atoms with Gasteiger partial charge in [0, 0.05) is 25.4 Å². The Balaban J connectivity index is 1.45. The summed E-state index contributed by atoms with van der Waals surface area (Å²) >= 11 is 0. The smallest absolute Gasteiger partial charge is 0.305 e. The van der Waals surface area contributed by atoms with Gasteiger partial charge in [-0.1, -0.05) is 30.3 Å². The first-order valence-electron chi connectivity index (χ1n) is 7.63. The van der Waals surface area contributed by atoms with E-state index in [1.165, 1.54) is 0 Å². The SMILES string of the molecule is O=C(CCCOCc1ccccc1)OCCNc1ncccn1. The highest BCUT2D eigenvalue weighted by Gasteiger charge is 2.03. The van der Waals surface area contributed by atoms with E-state index in [0.717, 1.165) is 5.56 Å². The molecule has 2 rings (SSSR count). The zero-order valence-corrected chi connectivity index (χ0v) is 13.0. The molecule has 6 heteroatoms. The molecule has 0 radical (unpaired) electrons. The van der Waals surface area contributed by atoms with E-state index in [4.69, 9.17) is 9.47 Å². The summed E-state index contributed by atoms with van der Waals surface area (Å²) in [5.41, 5.74) is 1.13. The van der Waals surface area contributed by atoms with Gasteiger partial charge >= 0.3 is 5.97 Å². The molecule has 1 heterocycles. The Hall–Kier alpha value is -2.47. The van der Waals surface area contributed by atoms with Crippen molar-refractivity contribution in [2.75, 3.05) is 25.1 Å². The van der Waals surface area contributed by atoms with Gasteiger partial charge in [0.1, 0.15) is 6.61 Å². The summed E-state index contributed by atoms with van der Waals surface area (Å²) in [6.45, 7) is 1.89. The van der Waals surface area contributed by atoms with Crippen molar-refractivity contribution in [2.45, 2.75) is 19.4 Å². The van der Waals surface area contributed by atoms with Crippen molar-refractivity contribution in [2.24, 2.45) is 0 Å². The largest absolute Gasteiger partial charge is 0.464 e. The number of hydrogen-bond donors (Lipinski definition) is 1. The van der Waals surface area contributed by atoms with E-state index in [0.29, 0.717) is 45.2 Å². The maximum atomic E-state index is 11.6. The van der Waals surface area contributed by atoms with E-state index in [1.807, 2.05) is 30.3 Å². The van der Waals surface area contributed by atoms with Crippen LogP contribution < -0.4 is 5.32 Å². The third kappa shape index (κ3) is 7.37. The highest BCUT2D eigenvalue weighted by atomic mass is 16.5. The Labute approximate surface area is 135 Å². The van der Waals surface area contributed by atoms with Gasteiger partial charge in [-0.3, -0.25) is 4.79 Å². The lowest BCUT2D eigenvalue weighted by molar-refractivity contribution is -0.143. The second-order valence-corrected chi connectivity index (χ2v) is 4.86. The van der Waals surface area contributed by atoms with E-state index in [-0.39, 0.29) is 5.97 Å². The van der Waals surface area contributed by atoms with E-state index in [1.54, 1.807) is 18.5 Å². The van der Waals surface area contributed by atoms with E-state index >= 15 is 0 Å². The summed E-state index contributed by atoms with van der Waals surface area (Å²) in [7, 11) is 0. The van der Waals surface area contributed by atoms with Crippen molar-refractivity contribution in [3.63, 3.8) is 0 Å². The number of carbonyl (C=O) groups is 1. The van der Waals surface area contributed by atoms with Crippen molar-refractivity contribution in [3.05, 3.63) is 54.4 Å². The molecule has 1 aromatic heterocycles. The predicted octanol–water partition coefficient (Wildman–Crippen LogP) is 2.43. The summed E-state index contributed by atoms with van der Waals surface area (Å²) in [4.78, 5) is 19.6. The second-order valence-electron chi connectivity index (χ2n) is 4.86. The minimum Gasteiger partial charge on any atom is -0.464 e. The van der Waals surface area contributed by atoms with Gasteiger partial charge in [-0.2, -0.15) is 0 Å². The van der Waals surface area contributed by atoms with Crippen molar-refractivity contribution >= 4 is 11.9 Å². The van der Waals surface area contributed by atoms with Crippen LogP contribution in [0.2, 0.25) is 0 Å². The zero-order valence-electron chi connectivity index (χ0n) is 13.0. The van der Waals surface area contributed by atoms with Crippen LogP contribution in [0.5, 0.6) is 0 Å². The van der Waals surface area contributed by atoms with Crippen LogP contribution >= 0.6 is 0 Å². The number of rotatable bonds is 10. The summed E-state index contributed by atoms with van der Waals surface area (Å²) in [5, 5.41) is 2.97. The van der Waals surface area contributed by atoms with Crippen LogP contribution in [0.25, 0.3) is 0 Å². The lowest BCUT2D eigenvalue weighted by Crippen LogP contribution is -2.15. The topological polar surface area (TPSA) is 73.3 Å². The number of nitrogens with one attached hydrogen (secondary N) is 1. The average Bonchev–Trinajstić information content (AvgIpc) is 2.60. The Morgan fingerprint density at radius 3 is 2.61 bits per heavy atom. The van der Waals surface area contributed by atoms with Gasteiger partial charge in [0.2, 0.25) is 5.95 Å². The Bertz CT molecular complexity index is 564. The van der Waals surface area contributed by atoms with Crippen LogP contribution in [0.15, 0.2) is 48.8 Å². The van der Waals surface area contributed by atoms with Gasteiger partial charge in [-0.15, -0.1) is 0 Å². The molecule has 6 nitrogen and oxygen atoms in total. The van der Waals surface area contributed by atoms with Gasteiger partial charge in [-0.05, 0) is 18.1 Å². The Morgan fingerprint density at radius 2 is 1.83 bits per heavy atom. The minimum atomic E-state index is -0.218. The van der Waals surface area contributed by atoms with E-state index < -0.39 is 0 Å². The van der Waals surface area contributed by atoms with Crippen LogP contribution in [0.4, 0.5) is 5.95 Å². The molecule has 0 spiro atoms. The van der Waals surface area contributed by atoms with Crippen LogP contribution in [0.1, 0.15) is 18.4 Å². The van der Waals surface area contributed by atoms with Gasteiger partial charge in [0.05, 0.1) is 13.2 Å². The lowest BCUT2D eigenvalue weighted by atomic mass is 10.2. The molecular formula is C17H21N3O3. The Morgan fingerprint density at radius 1 is 1.04 bits per heavy atom. The highest BCUT2D eigenvalue weighted by molar-refractivity contribution is 5.69. The zero-order chi connectivity index (χ0) is 16.2. The maximum Gasteiger partial charge on any atom is 0.305 e. The molecule has 1 aromatic carbocycles. The van der Waals surface area contributed by atoms with Gasteiger partial charge in [0.15, 0.2) is 0 Å². The third-order valence-electron chi connectivity index (χ3n) is 3.00. The molecule has 0 aliphatic heterocycles. The lowest BCUT2D eigenvalue weighted by Gasteiger charge is -2.07. The molecule has 0 saturated heterocycles. The molecule has 0 atom stereocenters. The fraction of sp³-hybridized carbons (Fsp3) is 0.353. The first kappa shape index (κ1) is 16.9. The molecule has 0 fully saturated rings. The van der Waals surface area contributed by atoms with Crippen LogP contribution in [0, 0.1) is 0 Å². The first-order valence-corrected chi connectivity index (χ1v) is 7.63. The number of anilines is 1. The van der Waals surface area contributed by atoms with Crippen molar-refractivity contribution < 1.29 is 14.3 Å². The second kappa shape index (κ2) is 10.3. The normalized spacial score (nSPS) is 10.3. The van der Waals surface area contributed by atoms with Crippen molar-refractivity contribution in [1.29, 1.82) is 0 Å².